The lowest BCUT2D eigenvalue weighted by molar-refractivity contribution is -0.132. The van der Waals surface area contributed by atoms with Gasteiger partial charge < -0.3 is 14.6 Å². The molecular formula is C14H20O4. The topological polar surface area (TPSA) is 62.4 Å². The summed E-state index contributed by atoms with van der Waals surface area (Å²) in [6.45, 7) is 1.85. The summed E-state index contributed by atoms with van der Waals surface area (Å²) >= 11 is 0. The zero-order valence-corrected chi connectivity index (χ0v) is 10.7. The molecule has 2 aliphatic carbocycles. The largest absolute Gasteiger partial charge is 0.478 e. The lowest BCUT2D eigenvalue weighted by Crippen LogP contribution is -2.13. The highest BCUT2D eigenvalue weighted by molar-refractivity contribution is 5.88. The summed E-state index contributed by atoms with van der Waals surface area (Å²) in [7, 11) is 0. The predicted octanol–water partition coefficient (Wildman–Crippen LogP) is 2.28. The minimum Gasteiger partial charge on any atom is -0.478 e. The van der Waals surface area contributed by atoms with E-state index in [-0.39, 0.29) is 6.10 Å². The first-order chi connectivity index (χ1) is 8.66. The third kappa shape index (κ3) is 2.45. The van der Waals surface area contributed by atoms with Crippen molar-refractivity contribution in [2.75, 3.05) is 0 Å². The van der Waals surface area contributed by atoms with Gasteiger partial charge in [-0.05, 0) is 38.2 Å². The Kier molecular flexibility index (Phi) is 3.16. The molecule has 2 saturated heterocycles. The standard InChI is InChI=1S/C8H10O3.C6H10O/c1-4-5(8(9)10)2-3-6-7(4)11-6;1-2-4-6-5(3-1)7-6/h6-7H,2-3H2,1H3,(H,9,10);5-6H,1-4H2. The van der Waals surface area contributed by atoms with Gasteiger partial charge in [0, 0.05) is 5.57 Å². The first-order valence-electron chi connectivity index (χ1n) is 6.90. The molecular weight excluding hydrogens is 232 g/mol. The number of aliphatic carboxylic acids is 1. The van der Waals surface area contributed by atoms with E-state index in [9.17, 15) is 4.79 Å². The summed E-state index contributed by atoms with van der Waals surface area (Å²) in [6, 6.07) is 0. The van der Waals surface area contributed by atoms with E-state index in [0.29, 0.717) is 30.3 Å². The van der Waals surface area contributed by atoms with Gasteiger partial charge >= 0.3 is 5.97 Å². The van der Waals surface area contributed by atoms with Crippen LogP contribution in [0, 0.1) is 0 Å². The van der Waals surface area contributed by atoms with E-state index >= 15 is 0 Å². The van der Waals surface area contributed by atoms with Gasteiger partial charge in [0.1, 0.15) is 6.10 Å². The molecule has 4 unspecified atom stereocenters. The highest BCUT2D eigenvalue weighted by atomic mass is 16.6. The molecule has 4 atom stereocenters. The second-order valence-electron chi connectivity index (χ2n) is 5.60. The molecule has 1 N–H and O–H groups in total. The van der Waals surface area contributed by atoms with Crippen LogP contribution in [-0.4, -0.2) is 35.5 Å². The van der Waals surface area contributed by atoms with Gasteiger partial charge in [0.2, 0.25) is 0 Å². The van der Waals surface area contributed by atoms with Crippen LogP contribution in [0.5, 0.6) is 0 Å². The third-order valence-corrected chi connectivity index (χ3v) is 4.34. The molecule has 0 bridgehead atoms. The normalized spacial score (nSPS) is 40.1. The number of hydrogen-bond donors (Lipinski definition) is 1. The molecule has 0 aromatic carbocycles. The van der Waals surface area contributed by atoms with Crippen LogP contribution < -0.4 is 0 Å². The molecule has 0 spiro atoms. The minimum atomic E-state index is -0.781. The van der Waals surface area contributed by atoms with E-state index in [0.717, 1.165) is 12.0 Å². The fraction of sp³-hybridized carbons (Fsp3) is 0.786. The third-order valence-electron chi connectivity index (χ3n) is 4.34. The molecule has 0 aromatic rings. The van der Waals surface area contributed by atoms with Gasteiger partial charge in [-0.3, -0.25) is 0 Å². The van der Waals surface area contributed by atoms with E-state index in [4.69, 9.17) is 14.6 Å². The Labute approximate surface area is 107 Å². The van der Waals surface area contributed by atoms with Crippen molar-refractivity contribution in [2.24, 2.45) is 0 Å². The number of carbonyl (C=O) groups is 1. The molecule has 3 fully saturated rings. The highest BCUT2D eigenvalue weighted by Gasteiger charge is 2.44. The molecule has 4 nitrogen and oxygen atoms in total. The Bertz CT molecular complexity index is 377. The fourth-order valence-electron chi connectivity index (χ4n) is 3.05. The van der Waals surface area contributed by atoms with E-state index < -0.39 is 5.97 Å². The minimum absolute atomic E-state index is 0.134. The van der Waals surface area contributed by atoms with Crippen molar-refractivity contribution >= 4 is 5.97 Å². The summed E-state index contributed by atoms with van der Waals surface area (Å²) in [6.07, 6.45) is 8.90. The monoisotopic (exact) mass is 252 g/mol. The van der Waals surface area contributed by atoms with Crippen molar-refractivity contribution < 1.29 is 19.4 Å². The van der Waals surface area contributed by atoms with Gasteiger partial charge in [-0.25, -0.2) is 4.79 Å². The Balaban J connectivity index is 0.000000122. The van der Waals surface area contributed by atoms with Gasteiger partial charge in [0.15, 0.2) is 0 Å². The van der Waals surface area contributed by atoms with E-state index in [2.05, 4.69) is 0 Å². The van der Waals surface area contributed by atoms with Gasteiger partial charge in [-0.2, -0.15) is 0 Å². The van der Waals surface area contributed by atoms with Crippen LogP contribution in [0.15, 0.2) is 11.1 Å². The second-order valence-corrected chi connectivity index (χ2v) is 5.60. The first kappa shape index (κ1) is 12.2. The number of hydrogen-bond acceptors (Lipinski definition) is 3. The van der Waals surface area contributed by atoms with Gasteiger partial charge in [-0.15, -0.1) is 0 Å². The molecule has 100 valence electrons. The predicted molar refractivity (Wildman–Crippen MR) is 65.4 cm³/mol. The van der Waals surface area contributed by atoms with Crippen LogP contribution in [0.2, 0.25) is 0 Å². The summed E-state index contributed by atoms with van der Waals surface area (Å²) in [5.41, 5.74) is 1.48. The molecule has 2 aliphatic heterocycles. The quantitative estimate of drug-likeness (QED) is 0.727. The van der Waals surface area contributed by atoms with Crippen LogP contribution in [0.25, 0.3) is 0 Å². The van der Waals surface area contributed by atoms with Gasteiger partial charge in [0.25, 0.3) is 0 Å². The molecule has 2 heterocycles. The maximum atomic E-state index is 10.6. The van der Waals surface area contributed by atoms with Crippen molar-refractivity contribution in [2.45, 2.75) is 69.9 Å². The van der Waals surface area contributed by atoms with Crippen LogP contribution >= 0.6 is 0 Å². The molecule has 0 amide bonds. The average molecular weight is 252 g/mol. The van der Waals surface area contributed by atoms with Crippen molar-refractivity contribution in [1.29, 1.82) is 0 Å². The Morgan fingerprint density at radius 3 is 2.33 bits per heavy atom. The average Bonchev–Trinajstić information content (AvgIpc) is 3.24. The second kappa shape index (κ2) is 4.67. The molecule has 4 rings (SSSR count). The lowest BCUT2D eigenvalue weighted by atomic mass is 9.93. The molecule has 1 saturated carbocycles. The zero-order valence-electron chi connectivity index (χ0n) is 10.7. The first-order valence-corrected chi connectivity index (χ1v) is 6.90. The number of carboxylic acids is 1. The number of fused-ring (bicyclic) bond motifs is 2. The number of rotatable bonds is 1. The van der Waals surface area contributed by atoms with Crippen LogP contribution in [-0.2, 0) is 14.3 Å². The van der Waals surface area contributed by atoms with E-state index in [1.54, 1.807) is 0 Å². The molecule has 4 aliphatic rings. The zero-order chi connectivity index (χ0) is 12.7. The summed E-state index contributed by atoms with van der Waals surface area (Å²) in [5.74, 6) is -0.781. The Morgan fingerprint density at radius 2 is 1.78 bits per heavy atom. The lowest BCUT2D eigenvalue weighted by Gasteiger charge is -2.09. The van der Waals surface area contributed by atoms with Crippen molar-refractivity contribution in [3.63, 3.8) is 0 Å². The molecule has 0 radical (unpaired) electrons. The van der Waals surface area contributed by atoms with Crippen LogP contribution in [0.3, 0.4) is 0 Å². The maximum Gasteiger partial charge on any atom is 0.331 e. The molecule has 18 heavy (non-hydrogen) atoms. The number of carboxylic acid groups (broad SMARTS) is 1. The van der Waals surface area contributed by atoms with Crippen molar-refractivity contribution in [3.8, 4) is 0 Å². The number of ether oxygens (including phenoxy) is 2. The summed E-state index contributed by atoms with van der Waals surface area (Å²) in [5, 5.41) is 8.73. The van der Waals surface area contributed by atoms with Gasteiger partial charge in [0.05, 0.1) is 18.3 Å². The van der Waals surface area contributed by atoms with E-state index in [1.165, 1.54) is 25.7 Å². The van der Waals surface area contributed by atoms with Gasteiger partial charge in [-0.1, -0.05) is 12.8 Å². The molecule has 4 heteroatoms. The van der Waals surface area contributed by atoms with Crippen LogP contribution in [0.4, 0.5) is 0 Å². The molecule has 0 aromatic heterocycles. The maximum absolute atomic E-state index is 10.6. The summed E-state index contributed by atoms with van der Waals surface area (Å²) in [4.78, 5) is 10.6. The smallest absolute Gasteiger partial charge is 0.331 e. The number of epoxide rings is 2. The van der Waals surface area contributed by atoms with Crippen molar-refractivity contribution in [1.82, 2.24) is 0 Å². The summed E-state index contributed by atoms with van der Waals surface area (Å²) < 4.78 is 10.5. The SMILES string of the molecule is C1CCC2OC2C1.CC1=C(C(=O)O)CCC2OC12. The van der Waals surface area contributed by atoms with Crippen LogP contribution in [0.1, 0.15) is 45.4 Å². The Morgan fingerprint density at radius 1 is 1.11 bits per heavy atom. The Hall–Kier alpha value is -0.870. The van der Waals surface area contributed by atoms with E-state index in [1.807, 2.05) is 6.92 Å². The van der Waals surface area contributed by atoms with Crippen molar-refractivity contribution in [3.05, 3.63) is 11.1 Å². The fourth-order valence-corrected chi connectivity index (χ4v) is 3.05. The highest BCUT2D eigenvalue weighted by Crippen LogP contribution is 2.40.